The number of rotatable bonds is 5. The highest BCUT2D eigenvalue weighted by molar-refractivity contribution is 7.96. The Labute approximate surface area is 152 Å². The third-order valence-corrected chi connectivity index (χ3v) is 8.62. The van der Waals surface area contributed by atoms with Crippen LogP contribution in [0.25, 0.3) is 0 Å². The average Bonchev–Trinajstić information content (AvgIpc) is 2.92. The monoisotopic (exact) mass is 398 g/mol. The number of nitrogens with one attached hydrogen (secondary N) is 1. The van der Waals surface area contributed by atoms with Crippen LogP contribution in [-0.4, -0.2) is 44.6 Å². The van der Waals surface area contributed by atoms with Gasteiger partial charge in [-0.05, 0) is 48.4 Å². The summed E-state index contributed by atoms with van der Waals surface area (Å²) in [6.07, 6.45) is 3.22. The highest BCUT2D eigenvalue weighted by Gasteiger charge is 2.45. The van der Waals surface area contributed by atoms with Gasteiger partial charge in [0.2, 0.25) is 0 Å². The molecular weight excluding hydrogens is 379 g/mol. The van der Waals surface area contributed by atoms with Crippen LogP contribution in [-0.2, 0) is 26.2 Å². The van der Waals surface area contributed by atoms with Gasteiger partial charge in [-0.2, -0.15) is 0 Å². The average molecular weight is 398 g/mol. The Morgan fingerprint density at radius 3 is 2.54 bits per heavy atom. The lowest BCUT2D eigenvalue weighted by atomic mass is 10.2. The Morgan fingerprint density at radius 2 is 1.88 bits per heavy atom. The first-order chi connectivity index (χ1) is 12.2. The molecule has 9 heteroatoms. The second kappa shape index (κ2) is 7.05. The minimum Gasteiger partial charge on any atom is -0.308 e. The van der Waals surface area contributed by atoms with Crippen LogP contribution in [0.3, 0.4) is 0 Å². The van der Waals surface area contributed by atoms with Crippen molar-refractivity contribution < 1.29 is 21.2 Å². The van der Waals surface area contributed by atoms with Gasteiger partial charge in [-0.1, -0.05) is 0 Å². The van der Waals surface area contributed by atoms with Crippen molar-refractivity contribution in [3.63, 3.8) is 0 Å². The third kappa shape index (κ3) is 3.94. The molecule has 2 unspecified atom stereocenters. The summed E-state index contributed by atoms with van der Waals surface area (Å²) < 4.78 is 63.6. The standard InChI is InChI=1S/C17H19FN2O4S2/c1-12-8-14(2-3-15(12)18)26(23,24)17-11-25(21,22)10-16(17)20-9-13-4-6-19-7-5-13/h2-8,16-17,20H,9-11H2,1H3. The summed E-state index contributed by atoms with van der Waals surface area (Å²) in [6, 6.07) is 6.32. The number of pyridine rings is 1. The zero-order valence-electron chi connectivity index (χ0n) is 14.1. The van der Waals surface area contributed by atoms with E-state index in [1.54, 1.807) is 24.5 Å². The van der Waals surface area contributed by atoms with Crippen molar-refractivity contribution in [1.82, 2.24) is 10.3 Å². The van der Waals surface area contributed by atoms with Gasteiger partial charge in [0.05, 0.1) is 21.7 Å². The van der Waals surface area contributed by atoms with Gasteiger partial charge in [-0.25, -0.2) is 21.2 Å². The van der Waals surface area contributed by atoms with Crippen molar-refractivity contribution in [3.8, 4) is 0 Å². The summed E-state index contributed by atoms with van der Waals surface area (Å²) in [5, 5.41) is 1.93. The van der Waals surface area contributed by atoms with Crippen LogP contribution in [0.2, 0.25) is 0 Å². The number of nitrogens with zero attached hydrogens (tertiary/aromatic N) is 1. The van der Waals surface area contributed by atoms with Gasteiger partial charge in [0.15, 0.2) is 19.7 Å². The molecular formula is C17H19FN2O4S2. The Morgan fingerprint density at radius 1 is 1.19 bits per heavy atom. The second-order valence-corrected chi connectivity index (χ2v) is 10.7. The van der Waals surface area contributed by atoms with Gasteiger partial charge in [0, 0.05) is 25.0 Å². The van der Waals surface area contributed by atoms with E-state index in [1.807, 2.05) is 0 Å². The van der Waals surface area contributed by atoms with Gasteiger partial charge in [-0.3, -0.25) is 4.98 Å². The van der Waals surface area contributed by atoms with Gasteiger partial charge < -0.3 is 5.32 Å². The fourth-order valence-electron chi connectivity index (χ4n) is 3.03. The van der Waals surface area contributed by atoms with Crippen LogP contribution in [0.15, 0.2) is 47.6 Å². The maximum absolute atomic E-state index is 13.5. The molecule has 1 aromatic carbocycles. The van der Waals surface area contributed by atoms with E-state index in [4.69, 9.17) is 0 Å². The molecule has 1 saturated heterocycles. The molecule has 140 valence electrons. The molecule has 1 N–H and O–H groups in total. The number of halogens is 1. The molecule has 0 bridgehead atoms. The number of hydrogen-bond donors (Lipinski definition) is 1. The molecule has 1 fully saturated rings. The molecule has 26 heavy (non-hydrogen) atoms. The SMILES string of the molecule is Cc1cc(S(=O)(=O)C2CS(=O)(=O)CC2NCc2ccncc2)ccc1F. The van der Waals surface area contributed by atoms with Gasteiger partial charge in [-0.15, -0.1) is 0 Å². The largest absolute Gasteiger partial charge is 0.308 e. The summed E-state index contributed by atoms with van der Waals surface area (Å²) in [7, 11) is -7.41. The number of sulfone groups is 2. The minimum absolute atomic E-state index is 0.0609. The zero-order valence-corrected chi connectivity index (χ0v) is 15.7. The van der Waals surface area contributed by atoms with Crippen LogP contribution in [0.1, 0.15) is 11.1 Å². The summed E-state index contributed by atoms with van der Waals surface area (Å²) in [6.45, 7) is 1.80. The molecule has 2 aromatic rings. The quantitative estimate of drug-likeness (QED) is 0.762. The summed E-state index contributed by atoms with van der Waals surface area (Å²) in [5.74, 6) is -1.20. The fourth-order valence-corrected chi connectivity index (χ4v) is 7.83. The third-order valence-electron chi connectivity index (χ3n) is 4.47. The zero-order chi connectivity index (χ0) is 18.9. The molecule has 0 saturated carbocycles. The van der Waals surface area contributed by atoms with E-state index in [2.05, 4.69) is 10.3 Å². The first-order valence-electron chi connectivity index (χ1n) is 8.02. The molecule has 6 nitrogen and oxygen atoms in total. The van der Waals surface area contributed by atoms with Crippen LogP contribution in [0.4, 0.5) is 4.39 Å². The van der Waals surface area contributed by atoms with E-state index in [9.17, 15) is 21.2 Å². The smallest absolute Gasteiger partial charge is 0.183 e. The van der Waals surface area contributed by atoms with Crippen LogP contribution >= 0.6 is 0 Å². The molecule has 2 heterocycles. The molecule has 0 aliphatic carbocycles. The lowest BCUT2D eigenvalue weighted by Crippen LogP contribution is -2.43. The number of hydrogen-bond acceptors (Lipinski definition) is 6. The van der Waals surface area contributed by atoms with E-state index in [1.165, 1.54) is 19.1 Å². The predicted molar refractivity (Wildman–Crippen MR) is 95.6 cm³/mol. The van der Waals surface area contributed by atoms with Gasteiger partial charge >= 0.3 is 0 Å². The van der Waals surface area contributed by atoms with Gasteiger partial charge in [0.25, 0.3) is 0 Å². The number of aryl methyl sites for hydroxylation is 1. The summed E-state index contributed by atoms with van der Waals surface area (Å²) >= 11 is 0. The van der Waals surface area contributed by atoms with E-state index in [0.717, 1.165) is 11.6 Å². The first-order valence-corrected chi connectivity index (χ1v) is 11.4. The van der Waals surface area contributed by atoms with E-state index in [0.29, 0.717) is 6.54 Å². The molecule has 0 spiro atoms. The van der Waals surface area contributed by atoms with Crippen molar-refractivity contribution in [2.75, 3.05) is 11.5 Å². The highest BCUT2D eigenvalue weighted by atomic mass is 32.2. The maximum Gasteiger partial charge on any atom is 0.183 e. The number of benzene rings is 1. The van der Waals surface area contributed by atoms with Crippen LogP contribution < -0.4 is 5.32 Å². The first kappa shape index (κ1) is 18.9. The van der Waals surface area contributed by atoms with Crippen molar-refractivity contribution in [2.45, 2.75) is 29.7 Å². The topological polar surface area (TPSA) is 93.2 Å². The van der Waals surface area contributed by atoms with E-state index < -0.39 is 42.5 Å². The predicted octanol–water partition coefficient (Wildman–Crippen LogP) is 1.26. The molecule has 3 rings (SSSR count). The Hall–Kier alpha value is -1.84. The Bertz CT molecular complexity index is 1010. The normalized spacial score (nSPS) is 22.4. The van der Waals surface area contributed by atoms with Crippen molar-refractivity contribution >= 4 is 19.7 Å². The highest BCUT2D eigenvalue weighted by Crippen LogP contribution is 2.27. The number of aromatic nitrogens is 1. The fraction of sp³-hybridized carbons (Fsp3) is 0.353. The summed E-state index contributed by atoms with van der Waals surface area (Å²) in [4.78, 5) is 3.85. The minimum atomic E-state index is -3.92. The molecule has 0 amide bonds. The molecule has 2 atom stereocenters. The van der Waals surface area contributed by atoms with E-state index in [-0.39, 0.29) is 16.2 Å². The Kier molecular flexibility index (Phi) is 5.14. The van der Waals surface area contributed by atoms with Crippen molar-refractivity contribution in [3.05, 3.63) is 59.7 Å². The van der Waals surface area contributed by atoms with Crippen molar-refractivity contribution in [1.29, 1.82) is 0 Å². The maximum atomic E-state index is 13.5. The lowest BCUT2D eigenvalue weighted by Gasteiger charge is -2.20. The summed E-state index contributed by atoms with van der Waals surface area (Å²) in [5.41, 5.74) is 1.08. The molecule has 1 aliphatic rings. The van der Waals surface area contributed by atoms with Gasteiger partial charge in [0.1, 0.15) is 5.82 Å². The van der Waals surface area contributed by atoms with E-state index >= 15 is 0 Å². The Balaban J connectivity index is 1.88. The van der Waals surface area contributed by atoms with Crippen LogP contribution in [0, 0.1) is 12.7 Å². The van der Waals surface area contributed by atoms with Crippen LogP contribution in [0.5, 0.6) is 0 Å². The molecule has 1 aliphatic heterocycles. The molecule has 0 radical (unpaired) electrons. The molecule has 1 aromatic heterocycles. The lowest BCUT2D eigenvalue weighted by molar-refractivity contribution is 0.525. The second-order valence-electron chi connectivity index (χ2n) is 6.41. The van der Waals surface area contributed by atoms with Crippen molar-refractivity contribution in [2.24, 2.45) is 0 Å².